The van der Waals surface area contributed by atoms with Crippen molar-refractivity contribution in [2.75, 3.05) is 5.32 Å². The molecule has 1 amide bonds. The van der Waals surface area contributed by atoms with E-state index in [1.807, 2.05) is 41.7 Å². The van der Waals surface area contributed by atoms with Gasteiger partial charge in [-0.3, -0.25) is 9.20 Å². The number of aromatic nitrogens is 3. The maximum absolute atomic E-state index is 13.2. The number of hydrogen-bond donors (Lipinski definition) is 1. The largest absolute Gasteiger partial charge is 0.418 e. The first-order valence-electron chi connectivity index (χ1n) is 9.13. The number of amides is 1. The van der Waals surface area contributed by atoms with E-state index in [2.05, 4.69) is 15.5 Å². The van der Waals surface area contributed by atoms with Crippen molar-refractivity contribution in [3.63, 3.8) is 0 Å². The smallest absolute Gasteiger partial charge is 0.325 e. The molecule has 0 aliphatic carbocycles. The van der Waals surface area contributed by atoms with E-state index >= 15 is 0 Å². The Hall–Kier alpha value is -3.07. The molecule has 4 aromatic rings. The number of carbonyl (C=O) groups is 1. The number of nitrogens with zero attached hydrogens (tertiary/aromatic N) is 3. The van der Waals surface area contributed by atoms with Crippen molar-refractivity contribution >= 4 is 39.9 Å². The van der Waals surface area contributed by atoms with Gasteiger partial charge in [0.1, 0.15) is 0 Å². The van der Waals surface area contributed by atoms with Gasteiger partial charge in [-0.1, -0.05) is 42.1 Å². The molecular weight excluding hydrogens is 413 g/mol. The lowest BCUT2D eigenvalue weighted by Gasteiger charge is -2.16. The van der Waals surface area contributed by atoms with Crippen LogP contribution in [0.1, 0.15) is 18.1 Å². The minimum absolute atomic E-state index is 0.269. The molecule has 0 saturated heterocycles. The van der Waals surface area contributed by atoms with E-state index in [1.165, 1.54) is 18.2 Å². The number of carbonyl (C=O) groups excluding carboxylic acids is 1. The van der Waals surface area contributed by atoms with Crippen LogP contribution in [0.2, 0.25) is 0 Å². The van der Waals surface area contributed by atoms with Crippen LogP contribution in [-0.2, 0) is 11.0 Å². The first kappa shape index (κ1) is 20.2. The maximum Gasteiger partial charge on any atom is 0.418 e. The molecular formula is C21H17F3N4OS. The third-order valence-electron chi connectivity index (χ3n) is 4.72. The fourth-order valence-electron chi connectivity index (χ4n) is 3.24. The summed E-state index contributed by atoms with van der Waals surface area (Å²) in [6, 6.07) is 14.6. The predicted octanol–water partition coefficient (Wildman–Crippen LogP) is 5.33. The van der Waals surface area contributed by atoms with Crippen molar-refractivity contribution in [2.24, 2.45) is 0 Å². The van der Waals surface area contributed by atoms with Crippen molar-refractivity contribution in [1.82, 2.24) is 14.6 Å². The summed E-state index contributed by atoms with van der Waals surface area (Å²) >= 11 is 1.14. The summed E-state index contributed by atoms with van der Waals surface area (Å²) in [6.45, 7) is 3.60. The summed E-state index contributed by atoms with van der Waals surface area (Å²) in [4.78, 5) is 12.6. The molecule has 5 nitrogen and oxygen atoms in total. The van der Waals surface area contributed by atoms with Gasteiger partial charge < -0.3 is 5.32 Å². The monoisotopic (exact) mass is 430 g/mol. The lowest BCUT2D eigenvalue weighted by Crippen LogP contribution is -2.24. The molecule has 1 atom stereocenters. The number of anilines is 1. The molecule has 0 spiro atoms. The average molecular weight is 430 g/mol. The molecule has 1 N–H and O–H groups in total. The summed E-state index contributed by atoms with van der Waals surface area (Å²) in [5.74, 6) is -0.551. The summed E-state index contributed by atoms with van der Waals surface area (Å²) in [5.41, 5.74) is 1.44. The van der Waals surface area contributed by atoms with Crippen LogP contribution >= 0.6 is 11.8 Å². The lowest BCUT2D eigenvalue weighted by atomic mass is 10.1. The molecule has 4 rings (SSSR count). The summed E-state index contributed by atoms with van der Waals surface area (Å²) < 4.78 is 41.4. The highest BCUT2D eigenvalue weighted by Gasteiger charge is 2.34. The molecule has 0 fully saturated rings. The number of nitrogens with one attached hydrogen (secondary N) is 1. The number of benzene rings is 2. The van der Waals surface area contributed by atoms with Crippen LogP contribution in [0.4, 0.5) is 18.9 Å². The van der Waals surface area contributed by atoms with E-state index < -0.39 is 22.9 Å². The van der Waals surface area contributed by atoms with E-state index in [0.717, 1.165) is 34.3 Å². The normalized spacial score (nSPS) is 13.0. The topological polar surface area (TPSA) is 59.3 Å². The zero-order valence-electron chi connectivity index (χ0n) is 16.1. The Morgan fingerprint density at radius 3 is 2.57 bits per heavy atom. The Labute approximate surface area is 174 Å². The van der Waals surface area contributed by atoms with Crippen molar-refractivity contribution in [1.29, 1.82) is 0 Å². The molecule has 2 aromatic carbocycles. The number of hydrogen-bond acceptors (Lipinski definition) is 4. The van der Waals surface area contributed by atoms with Gasteiger partial charge in [0.25, 0.3) is 0 Å². The molecule has 0 aliphatic heterocycles. The Balaban J connectivity index is 1.62. The Morgan fingerprint density at radius 1 is 1.10 bits per heavy atom. The van der Waals surface area contributed by atoms with E-state index in [9.17, 15) is 18.0 Å². The van der Waals surface area contributed by atoms with Crippen molar-refractivity contribution in [2.45, 2.75) is 30.4 Å². The molecule has 9 heteroatoms. The second kappa shape index (κ2) is 7.64. The van der Waals surface area contributed by atoms with Crippen LogP contribution in [0.25, 0.3) is 16.6 Å². The van der Waals surface area contributed by atoms with Gasteiger partial charge in [0.2, 0.25) is 5.91 Å². The van der Waals surface area contributed by atoms with Crippen molar-refractivity contribution in [3.05, 3.63) is 65.7 Å². The molecule has 2 heterocycles. The number of halogens is 3. The van der Waals surface area contributed by atoms with Crippen LogP contribution in [0.15, 0.2) is 59.8 Å². The lowest BCUT2D eigenvalue weighted by molar-refractivity contribution is -0.137. The number of fused-ring (bicyclic) bond motifs is 3. The number of para-hydroxylation sites is 2. The molecule has 2 aromatic heterocycles. The van der Waals surface area contributed by atoms with Crippen LogP contribution < -0.4 is 5.32 Å². The van der Waals surface area contributed by atoms with Gasteiger partial charge >= 0.3 is 6.18 Å². The molecule has 0 aliphatic rings. The van der Waals surface area contributed by atoms with Crippen molar-refractivity contribution < 1.29 is 18.0 Å². The van der Waals surface area contributed by atoms with Gasteiger partial charge in [-0.15, -0.1) is 10.2 Å². The van der Waals surface area contributed by atoms with E-state index in [4.69, 9.17) is 0 Å². The predicted molar refractivity (Wildman–Crippen MR) is 111 cm³/mol. The van der Waals surface area contributed by atoms with Gasteiger partial charge in [0, 0.05) is 5.39 Å². The SMILES string of the molecule is Cc1cc2nnc(S[C@H](C)C(=O)Nc3ccccc3C(F)(F)F)n2c2ccccc12. The number of alkyl halides is 3. The van der Waals surface area contributed by atoms with Crippen LogP contribution in [0.3, 0.4) is 0 Å². The first-order valence-corrected chi connectivity index (χ1v) is 10.0. The third kappa shape index (κ3) is 3.72. The third-order valence-corrected chi connectivity index (χ3v) is 5.76. The van der Waals surface area contributed by atoms with Crippen LogP contribution in [0.5, 0.6) is 0 Å². The van der Waals surface area contributed by atoms with Crippen molar-refractivity contribution in [3.8, 4) is 0 Å². The van der Waals surface area contributed by atoms with Gasteiger partial charge in [-0.2, -0.15) is 13.2 Å². The maximum atomic E-state index is 13.2. The van der Waals surface area contributed by atoms with E-state index in [-0.39, 0.29) is 5.69 Å². The molecule has 0 bridgehead atoms. The van der Waals surface area contributed by atoms with E-state index in [0.29, 0.717) is 10.8 Å². The van der Waals surface area contributed by atoms with Gasteiger partial charge in [0.15, 0.2) is 10.8 Å². The number of aryl methyl sites for hydroxylation is 1. The Kier molecular flexibility index (Phi) is 5.15. The number of thioether (sulfide) groups is 1. The number of pyridine rings is 1. The zero-order valence-corrected chi connectivity index (χ0v) is 16.9. The summed E-state index contributed by atoms with van der Waals surface area (Å²) in [6.07, 6.45) is -4.56. The summed E-state index contributed by atoms with van der Waals surface area (Å²) in [5, 5.41) is 11.6. The quantitative estimate of drug-likeness (QED) is 0.445. The Bertz CT molecular complexity index is 1250. The highest BCUT2D eigenvalue weighted by Crippen LogP contribution is 2.35. The molecule has 0 saturated carbocycles. The molecule has 30 heavy (non-hydrogen) atoms. The fraction of sp³-hybridized carbons (Fsp3) is 0.190. The zero-order chi connectivity index (χ0) is 21.5. The minimum Gasteiger partial charge on any atom is -0.325 e. The average Bonchev–Trinajstić information content (AvgIpc) is 3.10. The summed E-state index contributed by atoms with van der Waals surface area (Å²) in [7, 11) is 0. The highest BCUT2D eigenvalue weighted by molar-refractivity contribution is 8.00. The molecule has 0 radical (unpaired) electrons. The first-order chi connectivity index (χ1) is 14.3. The Morgan fingerprint density at radius 2 is 1.80 bits per heavy atom. The molecule has 0 unspecified atom stereocenters. The van der Waals surface area contributed by atoms with E-state index in [1.54, 1.807) is 6.92 Å². The fourth-order valence-corrected chi connectivity index (χ4v) is 4.10. The second-order valence-corrected chi connectivity index (χ2v) is 8.12. The second-order valence-electron chi connectivity index (χ2n) is 6.81. The van der Waals surface area contributed by atoms with Gasteiger partial charge in [0.05, 0.1) is 22.0 Å². The van der Waals surface area contributed by atoms with Crippen LogP contribution in [-0.4, -0.2) is 25.8 Å². The van der Waals surface area contributed by atoms with Gasteiger partial charge in [-0.05, 0) is 43.7 Å². The van der Waals surface area contributed by atoms with Gasteiger partial charge in [-0.25, -0.2) is 0 Å². The standard InChI is InChI=1S/C21H17F3N4OS/c1-12-11-18-26-27-20(28(18)17-10-6-3-7-14(12)17)30-13(2)19(29)25-16-9-5-4-8-15(16)21(22,23)24/h3-11,13H,1-2H3,(H,25,29)/t13-/m1/s1. The highest BCUT2D eigenvalue weighted by atomic mass is 32.2. The minimum atomic E-state index is -4.56. The number of rotatable bonds is 4. The van der Waals surface area contributed by atoms with Crippen LogP contribution in [0, 0.1) is 6.92 Å². The molecule has 154 valence electrons.